The number of anilines is 1. The van der Waals surface area contributed by atoms with Gasteiger partial charge in [-0.3, -0.25) is 4.79 Å². The van der Waals surface area contributed by atoms with Crippen LogP contribution in [0.25, 0.3) is 10.2 Å². The summed E-state index contributed by atoms with van der Waals surface area (Å²) in [6, 6.07) is 0. The lowest BCUT2D eigenvalue weighted by Crippen LogP contribution is -2.16. The molecule has 0 aliphatic heterocycles. The molecule has 0 bridgehead atoms. The van der Waals surface area contributed by atoms with Gasteiger partial charge in [0.2, 0.25) is 5.91 Å². The van der Waals surface area contributed by atoms with E-state index < -0.39 is 11.9 Å². The Morgan fingerprint density at radius 2 is 1.81 bits per heavy atom. The van der Waals surface area contributed by atoms with Crippen molar-refractivity contribution in [2.24, 2.45) is 0 Å². The summed E-state index contributed by atoms with van der Waals surface area (Å²) in [4.78, 5) is 48.8. The van der Waals surface area contributed by atoms with Crippen molar-refractivity contribution in [1.29, 1.82) is 0 Å². The number of nitrogens with one attached hydrogen (secondary N) is 1. The third-order valence-electron chi connectivity index (χ3n) is 5.14. The summed E-state index contributed by atoms with van der Waals surface area (Å²) in [5.41, 5.74) is 1.88. The number of esters is 2. The third-order valence-corrected chi connectivity index (χ3v) is 8.49. The maximum atomic E-state index is 12.8. The number of hydrogen-bond acceptors (Lipinski definition) is 10. The second-order valence-corrected chi connectivity index (χ2v) is 10.3. The van der Waals surface area contributed by atoms with E-state index in [1.807, 2.05) is 6.92 Å². The number of aromatic nitrogens is 2. The third kappa shape index (κ3) is 4.12. The normalized spacial score (nSPS) is 12.6. The SMILES string of the molecule is COC(=O)c1sc(NC(=O)CSc2nc(C)nc3sc4c(c23)CCC4)c(C(=O)OC)c1C. The predicted molar refractivity (Wildman–Crippen MR) is 125 cm³/mol. The first-order valence-corrected chi connectivity index (χ1v) is 12.5. The van der Waals surface area contributed by atoms with E-state index in [1.165, 1.54) is 36.4 Å². The first kappa shape index (κ1) is 22.7. The number of hydrogen-bond donors (Lipinski definition) is 1. The van der Waals surface area contributed by atoms with Crippen molar-refractivity contribution in [2.75, 3.05) is 25.3 Å². The number of fused-ring (bicyclic) bond motifs is 3. The maximum absolute atomic E-state index is 12.8. The molecular weight excluding hydrogens is 470 g/mol. The molecule has 1 amide bonds. The molecule has 4 rings (SSSR count). The number of thioether (sulfide) groups is 1. The summed E-state index contributed by atoms with van der Waals surface area (Å²) in [6.07, 6.45) is 3.21. The zero-order chi connectivity index (χ0) is 23.0. The number of ether oxygens (including phenoxy) is 2. The van der Waals surface area contributed by atoms with Gasteiger partial charge in [0.25, 0.3) is 0 Å². The van der Waals surface area contributed by atoms with Gasteiger partial charge in [-0.25, -0.2) is 19.6 Å². The van der Waals surface area contributed by atoms with Crippen LogP contribution in [0, 0.1) is 13.8 Å². The molecule has 0 fully saturated rings. The monoisotopic (exact) mass is 491 g/mol. The Kier molecular flexibility index (Phi) is 6.50. The van der Waals surface area contributed by atoms with Crippen molar-refractivity contribution in [1.82, 2.24) is 9.97 Å². The molecule has 3 heterocycles. The van der Waals surface area contributed by atoms with E-state index in [1.54, 1.807) is 18.3 Å². The highest BCUT2D eigenvalue weighted by molar-refractivity contribution is 8.00. The number of aryl methyl sites for hydroxylation is 3. The number of thiophene rings is 2. The Balaban J connectivity index is 1.57. The molecule has 32 heavy (non-hydrogen) atoms. The van der Waals surface area contributed by atoms with Crippen LogP contribution < -0.4 is 5.32 Å². The minimum atomic E-state index is -0.626. The molecule has 0 radical (unpaired) electrons. The van der Waals surface area contributed by atoms with E-state index >= 15 is 0 Å². The fourth-order valence-electron chi connectivity index (χ4n) is 3.70. The smallest absolute Gasteiger partial charge is 0.348 e. The molecule has 0 saturated carbocycles. The van der Waals surface area contributed by atoms with E-state index in [4.69, 9.17) is 9.47 Å². The molecule has 0 spiro atoms. The van der Waals surface area contributed by atoms with Gasteiger partial charge in [-0.05, 0) is 44.2 Å². The van der Waals surface area contributed by atoms with Crippen LogP contribution in [-0.2, 0) is 27.1 Å². The molecule has 1 aliphatic rings. The van der Waals surface area contributed by atoms with Crippen molar-refractivity contribution in [3.05, 3.63) is 32.3 Å². The summed E-state index contributed by atoms with van der Waals surface area (Å²) in [5, 5.41) is 4.87. The van der Waals surface area contributed by atoms with Gasteiger partial charge in [-0.15, -0.1) is 22.7 Å². The molecule has 3 aromatic heterocycles. The van der Waals surface area contributed by atoms with Crippen molar-refractivity contribution >= 4 is 67.5 Å². The summed E-state index contributed by atoms with van der Waals surface area (Å²) >= 11 is 4.05. The van der Waals surface area contributed by atoms with Gasteiger partial charge in [0.1, 0.15) is 25.6 Å². The van der Waals surface area contributed by atoms with Crippen LogP contribution in [0.3, 0.4) is 0 Å². The second-order valence-electron chi connectivity index (χ2n) is 7.19. The summed E-state index contributed by atoms with van der Waals surface area (Å²) < 4.78 is 9.61. The average Bonchev–Trinajstić information content (AvgIpc) is 3.43. The summed E-state index contributed by atoms with van der Waals surface area (Å²) in [5.74, 6) is -0.739. The van der Waals surface area contributed by atoms with Crippen LogP contribution in [-0.4, -0.2) is 47.8 Å². The molecule has 0 atom stereocenters. The number of nitrogens with zero attached hydrogens (tertiary/aromatic N) is 2. The van der Waals surface area contributed by atoms with Gasteiger partial charge >= 0.3 is 11.9 Å². The number of carbonyl (C=O) groups is 3. The standard InChI is InChI=1S/C21H21N3O5S3/c1-9-14(20(26)28-3)18(32-16(9)21(27)29-4)24-13(25)8-30-17-15-11-6-5-7-12(11)31-19(15)23-10(2)22-17/h5-8H2,1-4H3,(H,24,25). The first-order valence-electron chi connectivity index (χ1n) is 9.85. The molecule has 0 saturated heterocycles. The first-order chi connectivity index (χ1) is 15.3. The lowest BCUT2D eigenvalue weighted by Gasteiger charge is -2.07. The molecule has 1 aliphatic carbocycles. The molecule has 0 unspecified atom stereocenters. The fourth-order valence-corrected chi connectivity index (χ4v) is 7.10. The number of rotatable bonds is 6. The topological polar surface area (TPSA) is 107 Å². The Morgan fingerprint density at radius 3 is 2.53 bits per heavy atom. The Hall–Kier alpha value is -2.50. The Labute approximate surface area is 196 Å². The van der Waals surface area contributed by atoms with Gasteiger partial charge < -0.3 is 14.8 Å². The second kappa shape index (κ2) is 9.16. The zero-order valence-electron chi connectivity index (χ0n) is 18.0. The molecular formula is C21H21N3O5S3. The minimum Gasteiger partial charge on any atom is -0.465 e. The van der Waals surface area contributed by atoms with Crippen LogP contribution in [0.2, 0.25) is 0 Å². The van der Waals surface area contributed by atoms with Gasteiger partial charge in [0.15, 0.2) is 0 Å². The highest BCUT2D eigenvalue weighted by Gasteiger charge is 2.27. The van der Waals surface area contributed by atoms with Gasteiger partial charge in [-0.1, -0.05) is 11.8 Å². The lowest BCUT2D eigenvalue weighted by atomic mass is 10.1. The zero-order valence-corrected chi connectivity index (χ0v) is 20.4. The van der Waals surface area contributed by atoms with Crippen LogP contribution in [0.4, 0.5) is 5.00 Å². The van der Waals surface area contributed by atoms with Crippen LogP contribution >= 0.6 is 34.4 Å². The van der Waals surface area contributed by atoms with E-state index in [0.717, 1.165) is 45.8 Å². The van der Waals surface area contributed by atoms with Crippen molar-refractivity contribution in [3.8, 4) is 0 Å². The maximum Gasteiger partial charge on any atom is 0.348 e. The van der Waals surface area contributed by atoms with Crippen molar-refractivity contribution in [2.45, 2.75) is 38.1 Å². The minimum absolute atomic E-state index is 0.0985. The van der Waals surface area contributed by atoms with Gasteiger partial charge in [-0.2, -0.15) is 0 Å². The predicted octanol–water partition coefficient (Wildman–Crippen LogP) is 4.16. The number of carbonyl (C=O) groups excluding carboxylic acids is 3. The quantitative estimate of drug-likeness (QED) is 0.311. The highest BCUT2D eigenvalue weighted by Crippen LogP contribution is 2.40. The molecule has 1 N–H and O–H groups in total. The summed E-state index contributed by atoms with van der Waals surface area (Å²) in [6.45, 7) is 3.47. The van der Waals surface area contributed by atoms with Crippen LogP contribution in [0.1, 0.15) is 48.3 Å². The number of methoxy groups -OCH3 is 2. The number of amides is 1. The van der Waals surface area contributed by atoms with Crippen LogP contribution in [0.15, 0.2) is 5.03 Å². The van der Waals surface area contributed by atoms with E-state index in [-0.39, 0.29) is 27.1 Å². The highest BCUT2D eigenvalue weighted by atomic mass is 32.2. The van der Waals surface area contributed by atoms with E-state index in [0.29, 0.717) is 11.4 Å². The van der Waals surface area contributed by atoms with Crippen molar-refractivity contribution in [3.63, 3.8) is 0 Å². The van der Waals surface area contributed by atoms with Gasteiger partial charge in [0.05, 0.1) is 25.5 Å². The van der Waals surface area contributed by atoms with E-state index in [2.05, 4.69) is 15.3 Å². The molecule has 11 heteroatoms. The fraction of sp³-hybridized carbons (Fsp3) is 0.381. The van der Waals surface area contributed by atoms with Gasteiger partial charge in [0, 0.05) is 10.3 Å². The molecule has 168 valence electrons. The van der Waals surface area contributed by atoms with Crippen molar-refractivity contribution < 1.29 is 23.9 Å². The molecule has 0 aromatic carbocycles. The Bertz CT molecular complexity index is 1250. The largest absolute Gasteiger partial charge is 0.465 e. The molecule has 8 nitrogen and oxygen atoms in total. The molecule has 3 aromatic rings. The summed E-state index contributed by atoms with van der Waals surface area (Å²) in [7, 11) is 2.51. The Morgan fingerprint density at radius 1 is 1.06 bits per heavy atom. The van der Waals surface area contributed by atoms with Crippen LogP contribution in [0.5, 0.6) is 0 Å². The average molecular weight is 492 g/mol. The van der Waals surface area contributed by atoms with E-state index in [9.17, 15) is 14.4 Å². The lowest BCUT2D eigenvalue weighted by molar-refractivity contribution is -0.113.